The Hall–Kier alpha value is -6.91. The number of hydrogen-bond acceptors (Lipinski definition) is 7. The molecule has 8 nitrogen and oxygen atoms in total. The molecule has 4 aromatic heterocycles. The molecule has 2 amide bonds. The average Bonchev–Trinajstić information content (AvgIpc) is 3.86. The van der Waals surface area contributed by atoms with E-state index in [4.69, 9.17) is 10.8 Å². The number of aromatic carboxylic acids is 1. The molecule has 0 aliphatic heterocycles. The number of nitrogens with two attached hydrogens (primary N) is 1. The second-order valence-corrected chi connectivity index (χ2v) is 16.2. The van der Waals surface area contributed by atoms with Crippen LogP contribution in [-0.4, -0.2) is 39.4 Å². The fourth-order valence-electron chi connectivity index (χ4n) is 6.56. The Labute approximate surface area is 357 Å². The van der Waals surface area contributed by atoms with Gasteiger partial charge in [0, 0.05) is 55.5 Å². The molecule has 0 radical (unpaired) electrons. The van der Waals surface area contributed by atoms with Gasteiger partial charge in [-0.2, -0.15) is 26.3 Å². The molecule has 0 atom stereocenters. The maximum Gasteiger partial charge on any atom is 0.416 e. The summed E-state index contributed by atoms with van der Waals surface area (Å²) in [5, 5.41) is 13.4. The number of rotatable bonds is 10. The van der Waals surface area contributed by atoms with E-state index in [1.807, 2.05) is 48.5 Å². The van der Waals surface area contributed by atoms with Crippen LogP contribution in [0.25, 0.3) is 42.7 Å². The Bertz CT molecular complexity index is 2930. The number of carboxylic acids is 1. The lowest BCUT2D eigenvalue weighted by atomic mass is 10.1. The standard InChI is InChI=1S/C24H18F3N3O2S.C22H14F3NO2S/c25-24(26,27)17-5-1-3-14(9-17)10-18-11-15-4-2-6-19(22(15)33-18)20-8-7-16(12-29-20)23(32)30-13-21(28)31;23-22(24,25)16-5-1-3-13(9-16)10-17-11-14-4-2-6-18(20(14)29-17)19-8-7-15(12-26-19)21(27)28/h1-9,11-12H,10,13H2,(H2,28,31)(H,30,32);1-9,11-12H,10H2,(H,27,28). The third kappa shape index (κ3) is 10.3. The highest BCUT2D eigenvalue weighted by Gasteiger charge is 2.31. The van der Waals surface area contributed by atoms with Crippen molar-refractivity contribution in [2.45, 2.75) is 25.2 Å². The zero-order valence-electron chi connectivity index (χ0n) is 32.1. The van der Waals surface area contributed by atoms with Crippen LogP contribution in [0.15, 0.2) is 134 Å². The van der Waals surface area contributed by atoms with Gasteiger partial charge < -0.3 is 16.2 Å². The number of alkyl halides is 6. The maximum absolute atomic E-state index is 13.0. The van der Waals surface area contributed by atoms with Crippen LogP contribution >= 0.6 is 22.7 Å². The van der Waals surface area contributed by atoms with Crippen molar-refractivity contribution < 1.29 is 45.8 Å². The third-order valence-electron chi connectivity index (χ3n) is 9.47. The number of carbonyl (C=O) groups is 3. The molecule has 0 spiro atoms. The van der Waals surface area contributed by atoms with E-state index in [1.165, 1.54) is 65.4 Å². The highest BCUT2D eigenvalue weighted by atomic mass is 32.1. The smallest absolute Gasteiger partial charge is 0.416 e. The number of benzene rings is 4. The molecule has 8 rings (SSSR count). The summed E-state index contributed by atoms with van der Waals surface area (Å²) >= 11 is 3.00. The second kappa shape index (κ2) is 18.0. The highest BCUT2D eigenvalue weighted by Crippen LogP contribution is 2.38. The summed E-state index contributed by atoms with van der Waals surface area (Å²) in [6, 6.07) is 32.6. The minimum absolute atomic E-state index is 0.109. The number of nitrogens with one attached hydrogen (secondary N) is 1. The molecule has 4 N–H and O–H groups in total. The summed E-state index contributed by atoms with van der Waals surface area (Å²) in [5.41, 5.74) is 8.32. The van der Waals surface area contributed by atoms with Crippen LogP contribution in [0.4, 0.5) is 26.3 Å². The van der Waals surface area contributed by atoms with Gasteiger partial charge in [0.15, 0.2) is 0 Å². The normalized spacial score (nSPS) is 11.6. The van der Waals surface area contributed by atoms with E-state index in [0.717, 1.165) is 53.2 Å². The van der Waals surface area contributed by atoms with Gasteiger partial charge in [-0.1, -0.05) is 72.8 Å². The van der Waals surface area contributed by atoms with Gasteiger partial charge in [-0.3, -0.25) is 19.6 Å². The van der Waals surface area contributed by atoms with Crippen molar-refractivity contribution in [3.05, 3.63) is 177 Å². The van der Waals surface area contributed by atoms with Gasteiger partial charge in [-0.05, 0) is 70.4 Å². The van der Waals surface area contributed by atoms with Crippen LogP contribution in [0.2, 0.25) is 0 Å². The molecule has 0 bridgehead atoms. The summed E-state index contributed by atoms with van der Waals surface area (Å²) in [7, 11) is 0. The van der Waals surface area contributed by atoms with Gasteiger partial charge in [0.25, 0.3) is 5.91 Å². The van der Waals surface area contributed by atoms with E-state index >= 15 is 0 Å². The van der Waals surface area contributed by atoms with E-state index in [9.17, 15) is 40.7 Å². The number of fused-ring (bicyclic) bond motifs is 2. The Balaban J connectivity index is 0.000000188. The van der Waals surface area contributed by atoms with E-state index in [0.29, 0.717) is 40.9 Å². The highest BCUT2D eigenvalue weighted by molar-refractivity contribution is 7.20. The quantitative estimate of drug-likeness (QED) is 0.117. The number of aromatic nitrogens is 2. The van der Waals surface area contributed by atoms with Gasteiger partial charge in [0.05, 0.1) is 40.2 Å². The van der Waals surface area contributed by atoms with Gasteiger partial charge >= 0.3 is 18.3 Å². The van der Waals surface area contributed by atoms with Crippen molar-refractivity contribution in [3.8, 4) is 22.5 Å². The molecule has 16 heteroatoms. The Morgan fingerprint density at radius 3 is 1.45 bits per heavy atom. The molecule has 0 fully saturated rings. The maximum atomic E-state index is 13.0. The van der Waals surface area contributed by atoms with Crippen molar-refractivity contribution in [2.24, 2.45) is 5.73 Å². The van der Waals surface area contributed by atoms with Crippen molar-refractivity contribution in [2.75, 3.05) is 6.54 Å². The van der Waals surface area contributed by atoms with Crippen molar-refractivity contribution in [1.82, 2.24) is 15.3 Å². The Morgan fingerprint density at radius 1 is 0.597 bits per heavy atom. The predicted octanol–water partition coefficient (Wildman–Crippen LogP) is 11.1. The molecular weight excluding hydrogens is 851 g/mol. The average molecular weight is 883 g/mol. The van der Waals surface area contributed by atoms with Gasteiger partial charge in [0.1, 0.15) is 0 Å². The lowest BCUT2D eigenvalue weighted by molar-refractivity contribution is -0.138. The fourth-order valence-corrected chi connectivity index (χ4v) is 8.99. The monoisotopic (exact) mass is 882 g/mol. The summed E-state index contributed by atoms with van der Waals surface area (Å²) in [6.45, 7) is -0.260. The first-order valence-corrected chi connectivity index (χ1v) is 20.2. The number of nitrogens with zero attached hydrogens (tertiary/aromatic N) is 2. The van der Waals surface area contributed by atoms with Gasteiger partial charge in [-0.25, -0.2) is 4.79 Å². The lowest BCUT2D eigenvalue weighted by Gasteiger charge is -2.08. The minimum Gasteiger partial charge on any atom is -0.478 e. The SMILES string of the molecule is NC(=O)CNC(=O)c1ccc(-c2cccc3cc(Cc4cccc(C(F)(F)F)c4)sc23)nc1.O=C(O)c1ccc(-c2cccc3cc(Cc4cccc(C(F)(F)F)c4)sc23)nc1. The zero-order valence-corrected chi connectivity index (χ0v) is 33.7. The molecule has 0 saturated carbocycles. The minimum atomic E-state index is -4.38. The molecule has 8 aromatic rings. The van der Waals surface area contributed by atoms with Crippen LogP contribution in [0.1, 0.15) is 52.7 Å². The van der Waals surface area contributed by atoms with Crippen molar-refractivity contribution in [3.63, 3.8) is 0 Å². The van der Waals surface area contributed by atoms with E-state index in [2.05, 4.69) is 15.3 Å². The van der Waals surface area contributed by atoms with Crippen LogP contribution in [0.3, 0.4) is 0 Å². The van der Waals surface area contributed by atoms with E-state index in [1.54, 1.807) is 30.3 Å². The molecule has 314 valence electrons. The Kier molecular flexibility index (Phi) is 12.5. The summed E-state index contributed by atoms with van der Waals surface area (Å²) in [4.78, 5) is 44.4. The number of carbonyl (C=O) groups excluding carboxylic acids is 2. The van der Waals surface area contributed by atoms with Crippen LogP contribution < -0.4 is 11.1 Å². The molecule has 62 heavy (non-hydrogen) atoms. The number of amides is 2. The topological polar surface area (TPSA) is 135 Å². The third-order valence-corrected chi connectivity index (χ3v) is 11.8. The fraction of sp³-hybridized carbons (Fsp3) is 0.109. The van der Waals surface area contributed by atoms with Crippen LogP contribution in [0.5, 0.6) is 0 Å². The second-order valence-electron chi connectivity index (χ2n) is 13.9. The molecule has 4 aromatic carbocycles. The molecule has 0 unspecified atom stereocenters. The van der Waals surface area contributed by atoms with E-state index < -0.39 is 41.3 Å². The van der Waals surface area contributed by atoms with Crippen LogP contribution in [-0.2, 0) is 30.0 Å². The zero-order chi connectivity index (χ0) is 44.2. The number of carboxylic acid groups (broad SMARTS) is 1. The molecule has 0 saturated heterocycles. The number of thiophene rings is 2. The van der Waals surface area contributed by atoms with Crippen LogP contribution in [0, 0.1) is 0 Å². The lowest BCUT2D eigenvalue weighted by Crippen LogP contribution is -2.33. The first kappa shape index (κ1) is 43.2. The van der Waals surface area contributed by atoms with Crippen molar-refractivity contribution >= 4 is 60.6 Å². The van der Waals surface area contributed by atoms with Gasteiger partial charge in [-0.15, -0.1) is 22.7 Å². The predicted molar refractivity (Wildman–Crippen MR) is 227 cm³/mol. The first-order valence-electron chi connectivity index (χ1n) is 18.6. The Morgan fingerprint density at radius 2 is 1.05 bits per heavy atom. The summed E-state index contributed by atoms with van der Waals surface area (Å²) in [6.07, 6.45) is -5.23. The van der Waals surface area contributed by atoms with E-state index in [-0.39, 0.29) is 12.1 Å². The molecule has 0 aliphatic rings. The van der Waals surface area contributed by atoms with Crippen molar-refractivity contribution in [1.29, 1.82) is 0 Å². The first-order chi connectivity index (χ1) is 29.5. The molecule has 0 aliphatic carbocycles. The number of pyridine rings is 2. The molecule has 4 heterocycles. The van der Waals surface area contributed by atoms with Gasteiger partial charge in [0.2, 0.25) is 5.91 Å². The summed E-state index contributed by atoms with van der Waals surface area (Å²) < 4.78 is 79.8. The number of halogens is 6. The number of hydrogen-bond donors (Lipinski definition) is 3. The summed E-state index contributed by atoms with van der Waals surface area (Å²) in [5.74, 6) is -2.13. The largest absolute Gasteiger partial charge is 0.478 e. The number of primary amides is 1. The molecular formula is C46H32F6N4O4S2.